The molecular weight excluding hydrogens is 204 g/mol. The van der Waals surface area contributed by atoms with E-state index in [9.17, 15) is 9.90 Å². The molecule has 0 aromatic heterocycles. The van der Waals surface area contributed by atoms with E-state index in [1.807, 2.05) is 18.2 Å². The van der Waals surface area contributed by atoms with E-state index in [2.05, 4.69) is 0 Å². The summed E-state index contributed by atoms with van der Waals surface area (Å²) in [6.45, 7) is 1.62. The Kier molecular flexibility index (Phi) is 4.73. The molecule has 86 valence electrons. The van der Waals surface area contributed by atoms with Crippen molar-refractivity contribution in [2.24, 2.45) is 0 Å². The number of aliphatic hydroxyl groups excluding tert-OH is 2. The van der Waals surface area contributed by atoms with Crippen molar-refractivity contribution in [3.8, 4) is 0 Å². The minimum atomic E-state index is -0.752. The SMILES string of the molecule is C/C(=C\O)C(O)CCC(=O)c1ccccc1. The van der Waals surface area contributed by atoms with Gasteiger partial charge in [-0.25, -0.2) is 0 Å². The van der Waals surface area contributed by atoms with E-state index in [1.165, 1.54) is 0 Å². The topological polar surface area (TPSA) is 57.5 Å². The Labute approximate surface area is 95.0 Å². The number of aliphatic hydroxyl groups is 2. The van der Waals surface area contributed by atoms with Crippen LogP contribution in [-0.2, 0) is 0 Å². The molecule has 0 aliphatic rings. The van der Waals surface area contributed by atoms with Gasteiger partial charge >= 0.3 is 0 Å². The van der Waals surface area contributed by atoms with E-state index in [0.29, 0.717) is 17.6 Å². The number of benzene rings is 1. The van der Waals surface area contributed by atoms with Gasteiger partial charge in [-0.3, -0.25) is 4.79 Å². The molecule has 0 fully saturated rings. The first-order chi connectivity index (χ1) is 7.65. The third-order valence-corrected chi connectivity index (χ3v) is 2.47. The lowest BCUT2D eigenvalue weighted by Crippen LogP contribution is -2.11. The lowest BCUT2D eigenvalue weighted by Gasteiger charge is -2.09. The Hall–Kier alpha value is -1.61. The molecule has 0 saturated heterocycles. The third-order valence-electron chi connectivity index (χ3n) is 2.47. The van der Waals surface area contributed by atoms with Gasteiger partial charge in [-0.05, 0) is 18.9 Å². The molecule has 1 atom stereocenters. The first-order valence-electron chi connectivity index (χ1n) is 5.22. The highest BCUT2D eigenvalue weighted by molar-refractivity contribution is 5.95. The van der Waals surface area contributed by atoms with Gasteiger partial charge in [0.25, 0.3) is 0 Å². The molecule has 0 spiro atoms. The number of carbonyl (C=O) groups excluding carboxylic acids is 1. The summed E-state index contributed by atoms with van der Waals surface area (Å²) in [6, 6.07) is 8.97. The van der Waals surface area contributed by atoms with Crippen LogP contribution in [0.2, 0.25) is 0 Å². The zero-order chi connectivity index (χ0) is 12.0. The number of hydrogen-bond donors (Lipinski definition) is 2. The molecule has 16 heavy (non-hydrogen) atoms. The summed E-state index contributed by atoms with van der Waals surface area (Å²) in [5.41, 5.74) is 1.13. The van der Waals surface area contributed by atoms with Crippen molar-refractivity contribution in [1.29, 1.82) is 0 Å². The van der Waals surface area contributed by atoms with Gasteiger partial charge in [-0.1, -0.05) is 30.3 Å². The van der Waals surface area contributed by atoms with E-state index in [1.54, 1.807) is 19.1 Å². The predicted molar refractivity (Wildman–Crippen MR) is 62.4 cm³/mol. The Morgan fingerprint density at radius 3 is 2.56 bits per heavy atom. The van der Waals surface area contributed by atoms with Crippen LogP contribution in [0, 0.1) is 0 Å². The average Bonchev–Trinajstić information content (AvgIpc) is 2.35. The first kappa shape index (κ1) is 12.5. The minimum absolute atomic E-state index is 0.00499. The Morgan fingerprint density at radius 1 is 1.38 bits per heavy atom. The molecule has 1 rings (SSSR count). The van der Waals surface area contributed by atoms with Crippen LogP contribution in [0.25, 0.3) is 0 Å². The molecule has 1 aromatic rings. The lowest BCUT2D eigenvalue weighted by molar-refractivity contribution is 0.0954. The van der Waals surface area contributed by atoms with Crippen molar-refractivity contribution in [1.82, 2.24) is 0 Å². The second-order valence-electron chi connectivity index (χ2n) is 3.72. The lowest BCUT2D eigenvalue weighted by atomic mass is 10.0. The molecule has 1 unspecified atom stereocenters. The number of carbonyl (C=O) groups is 1. The van der Waals surface area contributed by atoms with Gasteiger partial charge < -0.3 is 10.2 Å². The van der Waals surface area contributed by atoms with Crippen molar-refractivity contribution in [2.45, 2.75) is 25.9 Å². The fourth-order valence-corrected chi connectivity index (χ4v) is 1.35. The van der Waals surface area contributed by atoms with Crippen LogP contribution in [0.15, 0.2) is 42.2 Å². The van der Waals surface area contributed by atoms with Crippen molar-refractivity contribution >= 4 is 5.78 Å². The maximum absolute atomic E-state index is 11.7. The fourth-order valence-electron chi connectivity index (χ4n) is 1.35. The summed E-state index contributed by atoms with van der Waals surface area (Å²) in [7, 11) is 0. The van der Waals surface area contributed by atoms with E-state index in [4.69, 9.17) is 5.11 Å². The number of rotatable bonds is 5. The number of hydrogen-bond acceptors (Lipinski definition) is 3. The molecule has 0 aliphatic heterocycles. The van der Waals surface area contributed by atoms with Crippen LogP contribution in [0.1, 0.15) is 30.1 Å². The summed E-state index contributed by atoms with van der Waals surface area (Å²) in [5, 5.41) is 18.2. The molecule has 3 nitrogen and oxygen atoms in total. The summed E-state index contributed by atoms with van der Waals surface area (Å²) < 4.78 is 0. The van der Waals surface area contributed by atoms with Crippen LogP contribution < -0.4 is 0 Å². The quantitative estimate of drug-likeness (QED) is 0.592. The minimum Gasteiger partial charge on any atom is -0.516 e. The summed E-state index contributed by atoms with van der Waals surface area (Å²) >= 11 is 0. The second-order valence-corrected chi connectivity index (χ2v) is 3.72. The molecule has 0 amide bonds. The summed E-state index contributed by atoms with van der Waals surface area (Å²) in [4.78, 5) is 11.7. The molecule has 0 bridgehead atoms. The average molecular weight is 220 g/mol. The maximum atomic E-state index is 11.7. The molecule has 1 aromatic carbocycles. The monoisotopic (exact) mass is 220 g/mol. The predicted octanol–water partition coefficient (Wildman–Crippen LogP) is 2.47. The van der Waals surface area contributed by atoms with Crippen molar-refractivity contribution < 1.29 is 15.0 Å². The highest BCUT2D eigenvalue weighted by Crippen LogP contribution is 2.11. The standard InChI is InChI=1S/C13H16O3/c1-10(9-14)12(15)7-8-13(16)11-5-3-2-4-6-11/h2-6,9,12,14-15H,7-8H2,1H3/b10-9+. The van der Waals surface area contributed by atoms with E-state index >= 15 is 0 Å². The Balaban J connectivity index is 2.48. The maximum Gasteiger partial charge on any atom is 0.162 e. The van der Waals surface area contributed by atoms with Crippen LogP contribution in [0.4, 0.5) is 0 Å². The van der Waals surface area contributed by atoms with Gasteiger partial charge in [-0.15, -0.1) is 0 Å². The van der Waals surface area contributed by atoms with Crippen molar-refractivity contribution in [3.05, 3.63) is 47.7 Å². The Morgan fingerprint density at radius 2 is 2.00 bits per heavy atom. The van der Waals surface area contributed by atoms with Gasteiger partial charge in [0.15, 0.2) is 5.78 Å². The van der Waals surface area contributed by atoms with Gasteiger partial charge in [0.1, 0.15) is 0 Å². The third kappa shape index (κ3) is 3.51. The zero-order valence-corrected chi connectivity index (χ0v) is 9.26. The molecule has 0 saturated carbocycles. The van der Waals surface area contributed by atoms with Gasteiger partial charge in [0, 0.05) is 12.0 Å². The first-order valence-corrected chi connectivity index (χ1v) is 5.22. The van der Waals surface area contributed by atoms with Gasteiger partial charge in [-0.2, -0.15) is 0 Å². The van der Waals surface area contributed by atoms with Crippen LogP contribution >= 0.6 is 0 Å². The van der Waals surface area contributed by atoms with Crippen LogP contribution in [0.3, 0.4) is 0 Å². The smallest absolute Gasteiger partial charge is 0.162 e. The molecule has 0 radical (unpaired) electrons. The number of Topliss-reactive ketones (excluding diaryl/α,β-unsaturated/α-hetero) is 1. The second kappa shape index (κ2) is 6.08. The van der Waals surface area contributed by atoms with Crippen molar-refractivity contribution in [2.75, 3.05) is 0 Å². The van der Waals surface area contributed by atoms with E-state index in [-0.39, 0.29) is 12.2 Å². The van der Waals surface area contributed by atoms with Crippen LogP contribution in [0.5, 0.6) is 0 Å². The van der Waals surface area contributed by atoms with Gasteiger partial charge in [0.05, 0.1) is 12.4 Å². The normalized spacial score (nSPS) is 13.5. The molecule has 0 heterocycles. The van der Waals surface area contributed by atoms with Crippen LogP contribution in [-0.4, -0.2) is 22.1 Å². The summed E-state index contributed by atoms with van der Waals surface area (Å²) in [5.74, 6) is 0.00499. The fraction of sp³-hybridized carbons (Fsp3) is 0.308. The summed E-state index contributed by atoms with van der Waals surface area (Å²) in [6.07, 6.45) is 0.725. The largest absolute Gasteiger partial charge is 0.516 e. The van der Waals surface area contributed by atoms with Crippen molar-refractivity contribution in [3.63, 3.8) is 0 Å². The van der Waals surface area contributed by atoms with E-state index < -0.39 is 6.10 Å². The molecule has 0 aliphatic carbocycles. The Bertz CT molecular complexity index is 368. The number of ketones is 1. The van der Waals surface area contributed by atoms with Gasteiger partial charge in [0.2, 0.25) is 0 Å². The highest BCUT2D eigenvalue weighted by Gasteiger charge is 2.11. The molecule has 3 heteroatoms. The molecular formula is C13H16O3. The van der Waals surface area contributed by atoms with E-state index in [0.717, 1.165) is 6.26 Å². The molecule has 2 N–H and O–H groups in total. The highest BCUT2D eigenvalue weighted by atomic mass is 16.3. The zero-order valence-electron chi connectivity index (χ0n) is 9.26.